The topological polar surface area (TPSA) is 56.8 Å². The maximum Gasteiger partial charge on any atom is 0.261 e. The number of rotatable bonds is 6. The van der Waals surface area contributed by atoms with E-state index < -0.39 is 6.10 Å². The lowest BCUT2D eigenvalue weighted by Gasteiger charge is -2.27. The largest absolute Gasteiger partial charge is 0.486 e. The minimum atomic E-state index is -0.614. The van der Waals surface area contributed by atoms with Crippen molar-refractivity contribution >= 4 is 17.5 Å². The molecular formula is C19H20ClNO4. The van der Waals surface area contributed by atoms with Crippen LogP contribution in [0.3, 0.4) is 0 Å². The number of nitrogens with one attached hydrogen (secondary N) is 1. The van der Waals surface area contributed by atoms with Crippen LogP contribution in [0.2, 0.25) is 5.02 Å². The molecule has 1 aliphatic rings. The van der Waals surface area contributed by atoms with Gasteiger partial charge in [-0.25, -0.2) is 0 Å². The summed E-state index contributed by atoms with van der Waals surface area (Å²) in [5, 5.41) is 3.34. The van der Waals surface area contributed by atoms with E-state index in [-0.39, 0.29) is 12.0 Å². The normalized spacial score (nSPS) is 16.8. The smallest absolute Gasteiger partial charge is 0.261 e. The molecule has 0 saturated carbocycles. The van der Waals surface area contributed by atoms with Crippen molar-refractivity contribution in [2.75, 3.05) is 13.2 Å². The van der Waals surface area contributed by atoms with Crippen LogP contribution in [0.1, 0.15) is 13.3 Å². The minimum absolute atomic E-state index is 0.204. The van der Waals surface area contributed by atoms with Crippen molar-refractivity contribution in [1.29, 1.82) is 0 Å². The average Bonchev–Trinajstić information content (AvgIpc) is 2.65. The number of carbonyl (C=O) groups excluding carboxylic acids is 1. The number of fused-ring (bicyclic) bond motifs is 1. The number of hydrogen-bond donors (Lipinski definition) is 1. The van der Waals surface area contributed by atoms with E-state index in [0.717, 1.165) is 5.75 Å². The Labute approximate surface area is 151 Å². The SMILES string of the molecule is CCC(Oc1ccccc1Cl)C(=O)NCC1COc2ccccc2O1. The molecule has 2 unspecified atom stereocenters. The van der Waals surface area contributed by atoms with Crippen LogP contribution in [0.15, 0.2) is 48.5 Å². The van der Waals surface area contributed by atoms with Gasteiger partial charge in [-0.3, -0.25) is 4.79 Å². The average molecular weight is 362 g/mol. The Morgan fingerprint density at radius 1 is 1.24 bits per heavy atom. The molecule has 2 atom stereocenters. The molecular weight excluding hydrogens is 342 g/mol. The Morgan fingerprint density at radius 2 is 1.96 bits per heavy atom. The first-order valence-electron chi connectivity index (χ1n) is 8.24. The first-order chi connectivity index (χ1) is 12.2. The van der Waals surface area contributed by atoms with Crippen molar-refractivity contribution in [2.45, 2.75) is 25.6 Å². The van der Waals surface area contributed by atoms with Gasteiger partial charge in [0.05, 0.1) is 11.6 Å². The molecule has 5 nitrogen and oxygen atoms in total. The van der Waals surface area contributed by atoms with Gasteiger partial charge in [-0.2, -0.15) is 0 Å². The molecule has 6 heteroatoms. The Bertz CT molecular complexity index is 737. The van der Waals surface area contributed by atoms with Gasteiger partial charge in [-0.15, -0.1) is 0 Å². The lowest BCUT2D eigenvalue weighted by Crippen LogP contribution is -2.45. The van der Waals surface area contributed by atoms with Gasteiger partial charge in [0.25, 0.3) is 5.91 Å². The highest BCUT2D eigenvalue weighted by Crippen LogP contribution is 2.30. The third-order valence-electron chi connectivity index (χ3n) is 3.84. The minimum Gasteiger partial charge on any atom is -0.486 e. The van der Waals surface area contributed by atoms with Gasteiger partial charge < -0.3 is 19.5 Å². The number of ether oxygens (including phenoxy) is 3. The van der Waals surface area contributed by atoms with E-state index in [1.807, 2.05) is 43.3 Å². The van der Waals surface area contributed by atoms with Gasteiger partial charge >= 0.3 is 0 Å². The number of carbonyl (C=O) groups is 1. The van der Waals surface area contributed by atoms with Crippen molar-refractivity contribution < 1.29 is 19.0 Å². The molecule has 25 heavy (non-hydrogen) atoms. The fourth-order valence-corrected chi connectivity index (χ4v) is 2.69. The van der Waals surface area contributed by atoms with Gasteiger partial charge in [-0.1, -0.05) is 42.8 Å². The summed E-state index contributed by atoms with van der Waals surface area (Å²) in [4.78, 5) is 12.4. The fourth-order valence-electron chi connectivity index (χ4n) is 2.51. The molecule has 0 radical (unpaired) electrons. The molecule has 0 spiro atoms. The molecule has 1 amide bonds. The molecule has 0 bridgehead atoms. The summed E-state index contributed by atoms with van der Waals surface area (Å²) < 4.78 is 17.2. The Kier molecular flexibility index (Phi) is 5.66. The zero-order valence-corrected chi connectivity index (χ0v) is 14.7. The van der Waals surface area contributed by atoms with E-state index in [4.69, 9.17) is 25.8 Å². The monoisotopic (exact) mass is 361 g/mol. The molecule has 3 rings (SSSR count). The van der Waals surface area contributed by atoms with Crippen LogP contribution in [0.5, 0.6) is 17.2 Å². The van der Waals surface area contributed by atoms with Crippen molar-refractivity contribution in [3.05, 3.63) is 53.6 Å². The van der Waals surface area contributed by atoms with Crippen LogP contribution in [-0.2, 0) is 4.79 Å². The number of hydrogen-bond acceptors (Lipinski definition) is 4. The second kappa shape index (κ2) is 8.12. The van der Waals surface area contributed by atoms with E-state index in [9.17, 15) is 4.79 Å². The second-order valence-electron chi connectivity index (χ2n) is 5.69. The first-order valence-corrected chi connectivity index (χ1v) is 8.62. The summed E-state index contributed by atoms with van der Waals surface area (Å²) in [6.45, 7) is 2.62. The van der Waals surface area contributed by atoms with Crippen LogP contribution in [-0.4, -0.2) is 31.3 Å². The number of benzene rings is 2. The van der Waals surface area contributed by atoms with Crippen molar-refractivity contribution in [3.63, 3.8) is 0 Å². The number of para-hydroxylation sites is 3. The third kappa shape index (κ3) is 4.37. The summed E-state index contributed by atoms with van der Waals surface area (Å²) >= 11 is 6.08. The van der Waals surface area contributed by atoms with E-state index in [1.165, 1.54) is 0 Å². The fraction of sp³-hybridized carbons (Fsp3) is 0.316. The predicted octanol–water partition coefficient (Wildman–Crippen LogP) is 3.45. The lowest BCUT2D eigenvalue weighted by molar-refractivity contribution is -0.128. The number of halogens is 1. The molecule has 0 fully saturated rings. The zero-order chi connectivity index (χ0) is 17.6. The first kappa shape index (κ1) is 17.4. The summed E-state index contributed by atoms with van der Waals surface area (Å²) in [5.41, 5.74) is 0. The van der Waals surface area contributed by atoms with Crippen LogP contribution < -0.4 is 19.5 Å². The molecule has 0 saturated heterocycles. The lowest BCUT2D eigenvalue weighted by atomic mass is 10.2. The maximum absolute atomic E-state index is 12.4. The van der Waals surface area contributed by atoms with Crippen molar-refractivity contribution in [1.82, 2.24) is 5.32 Å². The van der Waals surface area contributed by atoms with Gasteiger partial charge in [0.2, 0.25) is 0 Å². The quantitative estimate of drug-likeness (QED) is 0.856. The summed E-state index contributed by atoms with van der Waals surface area (Å²) in [6, 6.07) is 14.6. The summed E-state index contributed by atoms with van der Waals surface area (Å²) in [5.74, 6) is 1.70. The van der Waals surface area contributed by atoms with Crippen LogP contribution in [0, 0.1) is 0 Å². The molecule has 1 aliphatic heterocycles. The molecule has 2 aromatic carbocycles. The van der Waals surface area contributed by atoms with Crippen molar-refractivity contribution in [3.8, 4) is 17.2 Å². The number of amides is 1. The molecule has 132 valence electrons. The van der Waals surface area contributed by atoms with Crippen molar-refractivity contribution in [2.24, 2.45) is 0 Å². The van der Waals surface area contributed by atoms with E-state index in [0.29, 0.717) is 36.1 Å². The highest BCUT2D eigenvalue weighted by Gasteiger charge is 2.24. The molecule has 1 N–H and O–H groups in total. The predicted molar refractivity (Wildman–Crippen MR) is 95.5 cm³/mol. The maximum atomic E-state index is 12.4. The molecule has 2 aromatic rings. The van der Waals surface area contributed by atoms with E-state index >= 15 is 0 Å². The highest BCUT2D eigenvalue weighted by molar-refractivity contribution is 6.32. The Hall–Kier alpha value is -2.40. The van der Waals surface area contributed by atoms with Gasteiger partial charge in [0.15, 0.2) is 17.6 Å². The van der Waals surface area contributed by atoms with E-state index in [2.05, 4.69) is 5.32 Å². The summed E-state index contributed by atoms with van der Waals surface area (Å²) in [6.07, 6.45) is -0.324. The molecule has 0 aromatic heterocycles. The van der Waals surface area contributed by atoms with Crippen LogP contribution >= 0.6 is 11.6 Å². The van der Waals surface area contributed by atoms with Crippen LogP contribution in [0.4, 0.5) is 0 Å². The summed E-state index contributed by atoms with van der Waals surface area (Å²) in [7, 11) is 0. The van der Waals surface area contributed by atoms with E-state index in [1.54, 1.807) is 12.1 Å². The van der Waals surface area contributed by atoms with Crippen LogP contribution in [0.25, 0.3) is 0 Å². The second-order valence-corrected chi connectivity index (χ2v) is 6.10. The van der Waals surface area contributed by atoms with Gasteiger partial charge in [-0.05, 0) is 30.7 Å². The molecule has 0 aliphatic carbocycles. The Balaban J connectivity index is 1.54. The van der Waals surface area contributed by atoms with Gasteiger partial charge in [0.1, 0.15) is 18.5 Å². The highest BCUT2D eigenvalue weighted by atomic mass is 35.5. The standard InChI is InChI=1S/C19H20ClNO4/c1-2-15(25-16-8-4-3-7-14(16)20)19(22)21-11-13-12-23-17-9-5-6-10-18(17)24-13/h3-10,13,15H,2,11-12H2,1H3,(H,21,22). The van der Waals surface area contributed by atoms with Gasteiger partial charge in [0, 0.05) is 0 Å². The Morgan fingerprint density at radius 3 is 2.72 bits per heavy atom. The third-order valence-corrected chi connectivity index (χ3v) is 4.15. The molecule has 1 heterocycles. The zero-order valence-electron chi connectivity index (χ0n) is 13.9.